The van der Waals surface area contributed by atoms with Crippen molar-refractivity contribution in [2.75, 3.05) is 20.6 Å². The van der Waals surface area contributed by atoms with Crippen molar-refractivity contribution in [2.45, 2.75) is 39.0 Å². The Kier molecular flexibility index (Phi) is 4.97. The SMILES string of the molecule is CNC(=O)c1ccc(C(C)(O)Cn2c3c(c4cc(C)ccc42)CN(C)CC3)cc1. The minimum atomic E-state index is -1.05. The van der Waals surface area contributed by atoms with Gasteiger partial charge in [0.05, 0.1) is 6.54 Å². The number of hydrogen-bond donors (Lipinski definition) is 2. The van der Waals surface area contributed by atoms with Gasteiger partial charge in [0.1, 0.15) is 5.60 Å². The molecule has 0 fully saturated rings. The number of nitrogens with one attached hydrogen (secondary N) is 1. The Morgan fingerprint density at radius 1 is 1.21 bits per heavy atom. The van der Waals surface area contributed by atoms with Gasteiger partial charge in [-0.15, -0.1) is 0 Å². The summed E-state index contributed by atoms with van der Waals surface area (Å²) in [5.41, 5.74) is 5.49. The summed E-state index contributed by atoms with van der Waals surface area (Å²) in [6, 6.07) is 13.8. The van der Waals surface area contributed by atoms with Crippen LogP contribution < -0.4 is 5.32 Å². The van der Waals surface area contributed by atoms with Gasteiger partial charge in [-0.2, -0.15) is 0 Å². The van der Waals surface area contributed by atoms with Gasteiger partial charge in [-0.3, -0.25) is 4.79 Å². The fraction of sp³-hybridized carbons (Fsp3) is 0.375. The lowest BCUT2D eigenvalue weighted by Crippen LogP contribution is -2.31. The zero-order chi connectivity index (χ0) is 20.8. The predicted octanol–water partition coefficient (Wildman–Crippen LogP) is 3.20. The van der Waals surface area contributed by atoms with Crippen LogP contribution in [0.15, 0.2) is 42.5 Å². The van der Waals surface area contributed by atoms with E-state index in [2.05, 4.69) is 47.0 Å². The number of nitrogens with zero attached hydrogens (tertiary/aromatic N) is 2. The summed E-state index contributed by atoms with van der Waals surface area (Å²) in [6.07, 6.45) is 0.977. The topological polar surface area (TPSA) is 57.5 Å². The molecule has 3 aromatic rings. The molecule has 1 aromatic heterocycles. The number of carbonyl (C=O) groups excluding carboxylic acids is 1. The Morgan fingerprint density at radius 3 is 2.62 bits per heavy atom. The van der Waals surface area contributed by atoms with Crippen LogP contribution in [-0.4, -0.2) is 41.1 Å². The summed E-state index contributed by atoms with van der Waals surface area (Å²) in [5, 5.41) is 15.3. The van der Waals surface area contributed by atoms with Crippen molar-refractivity contribution in [2.24, 2.45) is 0 Å². The van der Waals surface area contributed by atoms with Gasteiger partial charge in [0.15, 0.2) is 0 Å². The number of benzene rings is 2. The predicted molar refractivity (Wildman–Crippen MR) is 116 cm³/mol. The summed E-state index contributed by atoms with van der Waals surface area (Å²) in [6.45, 7) is 6.41. The number of aromatic nitrogens is 1. The van der Waals surface area contributed by atoms with Gasteiger partial charge < -0.3 is 19.9 Å². The van der Waals surface area contributed by atoms with Gasteiger partial charge in [-0.1, -0.05) is 23.8 Å². The summed E-state index contributed by atoms with van der Waals surface area (Å²) >= 11 is 0. The number of rotatable bonds is 4. The van der Waals surface area contributed by atoms with Crippen molar-refractivity contribution < 1.29 is 9.90 Å². The van der Waals surface area contributed by atoms with Crippen LogP contribution >= 0.6 is 0 Å². The van der Waals surface area contributed by atoms with E-state index < -0.39 is 5.60 Å². The minimum Gasteiger partial charge on any atom is -0.384 e. The molecule has 4 rings (SSSR count). The molecular weight excluding hydrogens is 362 g/mol. The first-order valence-corrected chi connectivity index (χ1v) is 10.1. The van der Waals surface area contributed by atoms with E-state index in [0.29, 0.717) is 12.1 Å². The Hall–Kier alpha value is -2.63. The third-order valence-corrected chi connectivity index (χ3v) is 6.06. The van der Waals surface area contributed by atoms with Crippen molar-refractivity contribution in [3.63, 3.8) is 0 Å². The van der Waals surface area contributed by atoms with E-state index in [-0.39, 0.29) is 5.91 Å². The monoisotopic (exact) mass is 391 g/mol. The normalized spacial score (nSPS) is 16.4. The molecule has 0 aliphatic carbocycles. The van der Waals surface area contributed by atoms with Crippen LogP contribution in [0.1, 0.15) is 39.7 Å². The van der Waals surface area contributed by atoms with Crippen molar-refractivity contribution in [3.8, 4) is 0 Å². The average molecular weight is 392 g/mol. The van der Waals surface area contributed by atoms with Crippen LogP contribution in [0.4, 0.5) is 0 Å². The Balaban J connectivity index is 1.74. The first kappa shape index (κ1) is 19.7. The maximum absolute atomic E-state index is 11.8. The molecule has 5 nitrogen and oxygen atoms in total. The van der Waals surface area contributed by atoms with E-state index in [1.54, 1.807) is 19.2 Å². The molecule has 0 radical (unpaired) electrons. The highest BCUT2D eigenvalue weighted by molar-refractivity contribution is 5.94. The molecule has 0 spiro atoms. The average Bonchev–Trinajstić information content (AvgIpc) is 2.99. The van der Waals surface area contributed by atoms with Gasteiger partial charge >= 0.3 is 0 Å². The fourth-order valence-corrected chi connectivity index (χ4v) is 4.40. The molecular formula is C24H29N3O2. The molecule has 1 unspecified atom stereocenters. The minimum absolute atomic E-state index is 0.124. The Labute approximate surface area is 171 Å². The number of aliphatic hydroxyl groups is 1. The van der Waals surface area contributed by atoms with Gasteiger partial charge in [0.2, 0.25) is 0 Å². The fourth-order valence-electron chi connectivity index (χ4n) is 4.40. The zero-order valence-corrected chi connectivity index (χ0v) is 17.6. The maximum Gasteiger partial charge on any atom is 0.251 e. The van der Waals surface area contributed by atoms with Crippen LogP contribution in [0.2, 0.25) is 0 Å². The number of likely N-dealkylation sites (N-methyl/N-ethyl adjacent to an activating group) is 1. The van der Waals surface area contributed by atoms with E-state index in [4.69, 9.17) is 0 Å². The highest BCUT2D eigenvalue weighted by Gasteiger charge is 2.29. The molecule has 2 N–H and O–H groups in total. The molecule has 1 aliphatic heterocycles. The van der Waals surface area contributed by atoms with E-state index in [1.807, 2.05) is 19.1 Å². The summed E-state index contributed by atoms with van der Waals surface area (Å²) in [7, 11) is 3.78. The summed E-state index contributed by atoms with van der Waals surface area (Å²) < 4.78 is 2.30. The quantitative estimate of drug-likeness (QED) is 0.718. The second kappa shape index (κ2) is 7.32. The van der Waals surface area contributed by atoms with Gasteiger partial charge in [-0.25, -0.2) is 0 Å². The van der Waals surface area contributed by atoms with Crippen LogP contribution in [0.5, 0.6) is 0 Å². The second-order valence-corrected chi connectivity index (χ2v) is 8.45. The third-order valence-electron chi connectivity index (χ3n) is 6.06. The van der Waals surface area contributed by atoms with Crippen molar-refractivity contribution in [1.29, 1.82) is 0 Å². The number of aryl methyl sites for hydroxylation is 1. The molecule has 0 saturated carbocycles. The lowest BCUT2D eigenvalue weighted by atomic mass is 9.94. The molecule has 0 saturated heterocycles. The van der Waals surface area contributed by atoms with E-state index in [9.17, 15) is 9.90 Å². The number of amides is 1. The van der Waals surface area contributed by atoms with E-state index >= 15 is 0 Å². The zero-order valence-electron chi connectivity index (χ0n) is 17.6. The number of fused-ring (bicyclic) bond motifs is 3. The standard InChI is InChI=1S/C24H29N3O2/c1-16-5-10-21-19(13-16)20-14-26(4)12-11-22(20)27(21)15-24(2,29)18-8-6-17(7-9-18)23(28)25-3/h5-10,13,29H,11-12,14-15H2,1-4H3,(H,25,28). The summed E-state index contributed by atoms with van der Waals surface area (Å²) in [4.78, 5) is 14.2. The second-order valence-electron chi connectivity index (χ2n) is 8.45. The number of hydrogen-bond acceptors (Lipinski definition) is 3. The Bertz CT molecular complexity index is 1060. The van der Waals surface area contributed by atoms with Crippen LogP contribution in [0.3, 0.4) is 0 Å². The molecule has 1 aliphatic rings. The van der Waals surface area contributed by atoms with Gasteiger partial charge in [0, 0.05) is 48.7 Å². The smallest absolute Gasteiger partial charge is 0.251 e. The lowest BCUT2D eigenvalue weighted by molar-refractivity contribution is 0.0384. The Morgan fingerprint density at radius 2 is 1.93 bits per heavy atom. The van der Waals surface area contributed by atoms with E-state index in [0.717, 1.165) is 25.1 Å². The molecule has 152 valence electrons. The van der Waals surface area contributed by atoms with E-state index in [1.165, 1.54) is 27.7 Å². The van der Waals surface area contributed by atoms with Gasteiger partial charge in [-0.05, 0) is 56.3 Å². The van der Waals surface area contributed by atoms with Crippen LogP contribution in [0.25, 0.3) is 10.9 Å². The lowest BCUT2D eigenvalue weighted by Gasteiger charge is -2.29. The van der Waals surface area contributed by atoms with Crippen molar-refractivity contribution in [1.82, 2.24) is 14.8 Å². The molecule has 1 amide bonds. The number of carbonyl (C=O) groups is 1. The van der Waals surface area contributed by atoms with Crippen LogP contribution in [-0.2, 0) is 25.1 Å². The van der Waals surface area contributed by atoms with Crippen molar-refractivity contribution in [3.05, 3.63) is 70.4 Å². The third kappa shape index (κ3) is 3.56. The molecule has 2 heterocycles. The van der Waals surface area contributed by atoms with Crippen molar-refractivity contribution >= 4 is 16.8 Å². The largest absolute Gasteiger partial charge is 0.384 e. The molecule has 5 heteroatoms. The van der Waals surface area contributed by atoms with Crippen LogP contribution in [0, 0.1) is 6.92 Å². The van der Waals surface area contributed by atoms with Gasteiger partial charge in [0.25, 0.3) is 5.91 Å². The molecule has 0 bridgehead atoms. The highest BCUT2D eigenvalue weighted by atomic mass is 16.3. The first-order valence-electron chi connectivity index (χ1n) is 10.1. The summed E-state index contributed by atoms with van der Waals surface area (Å²) in [5.74, 6) is -0.124. The first-order chi connectivity index (χ1) is 13.8. The molecule has 2 aromatic carbocycles. The molecule has 1 atom stereocenters. The maximum atomic E-state index is 11.8. The molecule has 29 heavy (non-hydrogen) atoms. The highest BCUT2D eigenvalue weighted by Crippen LogP contribution is 2.34.